The third-order valence-corrected chi connectivity index (χ3v) is 3.30. The molecule has 1 fully saturated rings. The number of unbranched alkanes of at least 4 members (excludes halogenated alkanes) is 1. The first-order valence-corrected chi connectivity index (χ1v) is 6.25. The molecule has 0 bridgehead atoms. The quantitative estimate of drug-likeness (QED) is 0.498. The lowest BCUT2D eigenvalue weighted by Crippen LogP contribution is -2.41. The average Bonchev–Trinajstić information content (AvgIpc) is 2.64. The zero-order valence-corrected chi connectivity index (χ0v) is 10.9. The van der Waals surface area contributed by atoms with E-state index in [0.717, 1.165) is 12.8 Å². The molecule has 0 spiro atoms. The van der Waals surface area contributed by atoms with Gasteiger partial charge in [-0.25, -0.2) is 4.79 Å². The zero-order chi connectivity index (χ0) is 13.9. The standard InChI is InChI=1S/C14H17N3O2/c1-3-4-5-9-17-12(18)14(2,16-13(17)19)11-7-6-8-15-10-11/h3,6-8,10H,1,4-5,9H2,2H3,(H,16,19)/t14-/m0/s1. The van der Waals surface area contributed by atoms with E-state index in [1.54, 1.807) is 37.5 Å². The van der Waals surface area contributed by atoms with E-state index in [4.69, 9.17) is 0 Å². The fourth-order valence-electron chi connectivity index (χ4n) is 2.15. The van der Waals surface area contributed by atoms with Gasteiger partial charge in [-0.1, -0.05) is 12.1 Å². The van der Waals surface area contributed by atoms with E-state index in [1.165, 1.54) is 4.90 Å². The maximum absolute atomic E-state index is 12.4. The molecular formula is C14H17N3O2. The van der Waals surface area contributed by atoms with E-state index in [-0.39, 0.29) is 11.9 Å². The molecule has 0 unspecified atom stereocenters. The molecule has 0 aromatic carbocycles. The number of pyridine rings is 1. The van der Waals surface area contributed by atoms with Crippen LogP contribution in [-0.2, 0) is 10.3 Å². The van der Waals surface area contributed by atoms with Crippen LogP contribution in [0.3, 0.4) is 0 Å². The molecule has 19 heavy (non-hydrogen) atoms. The Morgan fingerprint density at radius 1 is 1.53 bits per heavy atom. The number of aromatic nitrogens is 1. The molecule has 2 heterocycles. The molecule has 2 rings (SSSR count). The summed E-state index contributed by atoms with van der Waals surface area (Å²) in [5.41, 5.74) is -0.320. The summed E-state index contributed by atoms with van der Waals surface area (Å²) in [7, 11) is 0. The van der Waals surface area contributed by atoms with Crippen LogP contribution in [0.4, 0.5) is 4.79 Å². The minimum absolute atomic E-state index is 0.227. The van der Waals surface area contributed by atoms with Crippen LogP contribution in [-0.4, -0.2) is 28.4 Å². The lowest BCUT2D eigenvalue weighted by molar-refractivity contribution is -0.131. The molecule has 1 aromatic heterocycles. The van der Waals surface area contributed by atoms with Gasteiger partial charge in [0.2, 0.25) is 0 Å². The second-order valence-corrected chi connectivity index (χ2v) is 4.68. The van der Waals surface area contributed by atoms with Crippen molar-refractivity contribution in [3.8, 4) is 0 Å². The van der Waals surface area contributed by atoms with Gasteiger partial charge in [-0.2, -0.15) is 0 Å². The van der Waals surface area contributed by atoms with Crippen molar-refractivity contribution < 1.29 is 9.59 Å². The van der Waals surface area contributed by atoms with Crippen molar-refractivity contribution in [2.75, 3.05) is 6.54 Å². The van der Waals surface area contributed by atoms with E-state index < -0.39 is 5.54 Å². The summed E-state index contributed by atoms with van der Waals surface area (Å²) in [6.45, 7) is 5.74. The summed E-state index contributed by atoms with van der Waals surface area (Å²) >= 11 is 0. The van der Waals surface area contributed by atoms with Gasteiger partial charge in [-0.15, -0.1) is 6.58 Å². The number of nitrogens with one attached hydrogen (secondary N) is 1. The minimum Gasteiger partial charge on any atom is -0.319 e. The average molecular weight is 259 g/mol. The predicted molar refractivity (Wildman–Crippen MR) is 71.3 cm³/mol. The predicted octanol–water partition coefficient (Wildman–Crippen LogP) is 1.81. The summed E-state index contributed by atoms with van der Waals surface area (Å²) in [6, 6.07) is 3.19. The summed E-state index contributed by atoms with van der Waals surface area (Å²) in [5.74, 6) is -0.227. The Hall–Kier alpha value is -2.17. The molecule has 0 radical (unpaired) electrons. The van der Waals surface area contributed by atoms with Crippen LogP contribution in [0.25, 0.3) is 0 Å². The molecule has 1 aromatic rings. The van der Waals surface area contributed by atoms with Crippen LogP contribution in [0.15, 0.2) is 37.2 Å². The fourth-order valence-corrected chi connectivity index (χ4v) is 2.15. The number of carbonyl (C=O) groups excluding carboxylic acids is 2. The first-order valence-electron chi connectivity index (χ1n) is 6.25. The van der Waals surface area contributed by atoms with Crippen molar-refractivity contribution in [3.05, 3.63) is 42.7 Å². The number of rotatable bonds is 5. The number of hydrogen-bond acceptors (Lipinski definition) is 3. The number of carbonyl (C=O) groups is 2. The fraction of sp³-hybridized carbons (Fsp3) is 0.357. The van der Waals surface area contributed by atoms with Crippen LogP contribution >= 0.6 is 0 Å². The zero-order valence-electron chi connectivity index (χ0n) is 10.9. The normalized spacial score (nSPS) is 22.5. The highest BCUT2D eigenvalue weighted by Crippen LogP contribution is 2.28. The second kappa shape index (κ2) is 5.22. The van der Waals surface area contributed by atoms with Gasteiger partial charge in [-0.05, 0) is 25.8 Å². The van der Waals surface area contributed by atoms with Crippen LogP contribution in [0.2, 0.25) is 0 Å². The molecule has 0 saturated carbocycles. The van der Waals surface area contributed by atoms with Crippen LogP contribution in [0.1, 0.15) is 25.3 Å². The van der Waals surface area contributed by atoms with Crippen molar-refractivity contribution in [3.63, 3.8) is 0 Å². The lowest BCUT2D eigenvalue weighted by atomic mass is 9.93. The molecule has 1 aliphatic heterocycles. The van der Waals surface area contributed by atoms with Crippen LogP contribution in [0.5, 0.6) is 0 Å². The molecule has 5 nitrogen and oxygen atoms in total. The van der Waals surface area contributed by atoms with Gasteiger partial charge in [0.05, 0.1) is 0 Å². The van der Waals surface area contributed by atoms with Gasteiger partial charge in [-0.3, -0.25) is 14.7 Å². The summed E-state index contributed by atoms with van der Waals surface area (Å²) in [4.78, 5) is 29.6. The number of allylic oxidation sites excluding steroid dienone is 1. The molecule has 5 heteroatoms. The maximum Gasteiger partial charge on any atom is 0.325 e. The third kappa shape index (κ3) is 2.36. The van der Waals surface area contributed by atoms with Crippen LogP contribution < -0.4 is 5.32 Å². The number of imide groups is 1. The van der Waals surface area contributed by atoms with E-state index in [0.29, 0.717) is 12.1 Å². The smallest absolute Gasteiger partial charge is 0.319 e. The second-order valence-electron chi connectivity index (χ2n) is 4.68. The minimum atomic E-state index is -1.01. The maximum atomic E-state index is 12.4. The molecule has 1 atom stereocenters. The first kappa shape index (κ1) is 13.3. The molecule has 1 saturated heterocycles. The van der Waals surface area contributed by atoms with Crippen molar-refractivity contribution in [2.45, 2.75) is 25.3 Å². The molecule has 100 valence electrons. The number of urea groups is 1. The van der Waals surface area contributed by atoms with Crippen LogP contribution in [0, 0.1) is 0 Å². The van der Waals surface area contributed by atoms with E-state index >= 15 is 0 Å². The highest BCUT2D eigenvalue weighted by molar-refractivity contribution is 6.07. The largest absolute Gasteiger partial charge is 0.325 e. The number of nitrogens with zero attached hydrogens (tertiary/aromatic N) is 2. The Labute approximate surface area is 112 Å². The monoisotopic (exact) mass is 259 g/mol. The number of amides is 3. The highest BCUT2D eigenvalue weighted by atomic mass is 16.2. The van der Waals surface area contributed by atoms with Gasteiger partial charge < -0.3 is 5.32 Å². The first-order chi connectivity index (χ1) is 9.09. The lowest BCUT2D eigenvalue weighted by Gasteiger charge is -2.21. The summed E-state index contributed by atoms with van der Waals surface area (Å²) < 4.78 is 0. The molecule has 1 N–H and O–H groups in total. The Bertz CT molecular complexity index is 501. The molecule has 3 amide bonds. The van der Waals surface area contributed by atoms with Crippen molar-refractivity contribution >= 4 is 11.9 Å². The van der Waals surface area contributed by atoms with Gasteiger partial charge in [0.15, 0.2) is 0 Å². The molecule has 0 aliphatic carbocycles. The Balaban J connectivity index is 2.19. The molecule has 1 aliphatic rings. The van der Waals surface area contributed by atoms with E-state index in [9.17, 15) is 9.59 Å². The van der Waals surface area contributed by atoms with Gasteiger partial charge in [0, 0.05) is 24.5 Å². The summed E-state index contributed by atoms with van der Waals surface area (Å²) in [5, 5.41) is 2.74. The Kier molecular flexibility index (Phi) is 3.64. The van der Waals surface area contributed by atoms with Gasteiger partial charge in [0.25, 0.3) is 5.91 Å². The SMILES string of the molecule is C=CCCCN1C(=O)N[C@@](C)(c2cccnc2)C1=O. The Morgan fingerprint density at radius 2 is 2.32 bits per heavy atom. The Morgan fingerprint density at radius 3 is 2.95 bits per heavy atom. The van der Waals surface area contributed by atoms with Crippen molar-refractivity contribution in [1.82, 2.24) is 15.2 Å². The summed E-state index contributed by atoms with van der Waals surface area (Å²) in [6.07, 6.45) is 6.52. The van der Waals surface area contributed by atoms with E-state index in [1.807, 2.05) is 0 Å². The van der Waals surface area contributed by atoms with Gasteiger partial charge in [0.1, 0.15) is 5.54 Å². The van der Waals surface area contributed by atoms with Crippen molar-refractivity contribution in [1.29, 1.82) is 0 Å². The third-order valence-electron chi connectivity index (χ3n) is 3.30. The van der Waals surface area contributed by atoms with E-state index in [2.05, 4.69) is 16.9 Å². The highest BCUT2D eigenvalue weighted by Gasteiger charge is 2.48. The topological polar surface area (TPSA) is 62.3 Å². The van der Waals surface area contributed by atoms with Gasteiger partial charge >= 0.3 is 6.03 Å². The van der Waals surface area contributed by atoms with Crippen molar-refractivity contribution in [2.24, 2.45) is 0 Å². The number of hydrogen-bond donors (Lipinski definition) is 1. The molecular weight excluding hydrogens is 242 g/mol.